The maximum Gasteiger partial charge on any atom is 0.119 e. The van der Waals surface area contributed by atoms with Gasteiger partial charge in [0, 0.05) is 5.41 Å². The van der Waals surface area contributed by atoms with Gasteiger partial charge < -0.3 is 19.7 Å². The van der Waals surface area contributed by atoms with Crippen molar-refractivity contribution >= 4 is 10.8 Å². The van der Waals surface area contributed by atoms with E-state index in [1.54, 1.807) is 0 Å². The van der Waals surface area contributed by atoms with Gasteiger partial charge in [-0.25, -0.2) is 0 Å². The molecule has 32 heavy (non-hydrogen) atoms. The lowest BCUT2D eigenvalue weighted by Crippen LogP contribution is -2.25. The highest BCUT2D eigenvalue weighted by atomic mass is 16.5. The Kier molecular flexibility index (Phi) is 6.74. The van der Waals surface area contributed by atoms with Crippen molar-refractivity contribution in [2.45, 2.75) is 12.3 Å². The molecule has 4 nitrogen and oxygen atoms in total. The molecular formula is C28H28O4. The maximum atomic E-state index is 9.02. The number of benzene rings is 4. The summed E-state index contributed by atoms with van der Waals surface area (Å²) in [6.07, 6.45) is 0. The molecule has 0 aliphatic carbocycles. The average Bonchev–Trinajstić information content (AvgIpc) is 2.86. The van der Waals surface area contributed by atoms with Gasteiger partial charge in [-0.1, -0.05) is 60.7 Å². The van der Waals surface area contributed by atoms with Crippen molar-refractivity contribution in [1.82, 2.24) is 0 Å². The molecule has 0 unspecified atom stereocenters. The van der Waals surface area contributed by atoms with E-state index in [1.165, 1.54) is 16.3 Å². The molecule has 4 aromatic carbocycles. The third-order valence-corrected chi connectivity index (χ3v) is 5.91. The third kappa shape index (κ3) is 4.47. The highest BCUT2D eigenvalue weighted by Crippen LogP contribution is 2.41. The molecule has 0 aliphatic heterocycles. The van der Waals surface area contributed by atoms with Crippen molar-refractivity contribution in [3.05, 3.63) is 108 Å². The molecule has 4 rings (SSSR count). The number of fused-ring (bicyclic) bond motifs is 1. The third-order valence-electron chi connectivity index (χ3n) is 5.91. The van der Waals surface area contributed by atoms with Crippen molar-refractivity contribution in [3.8, 4) is 11.5 Å². The summed E-state index contributed by atoms with van der Waals surface area (Å²) in [4.78, 5) is 0. The fourth-order valence-corrected chi connectivity index (χ4v) is 4.10. The largest absolute Gasteiger partial charge is 0.491 e. The number of hydrogen-bond acceptors (Lipinski definition) is 4. The normalized spacial score (nSPS) is 11.5. The second-order valence-electron chi connectivity index (χ2n) is 7.88. The van der Waals surface area contributed by atoms with E-state index >= 15 is 0 Å². The highest BCUT2D eigenvalue weighted by molar-refractivity contribution is 5.83. The first-order valence-corrected chi connectivity index (χ1v) is 10.8. The van der Waals surface area contributed by atoms with E-state index in [4.69, 9.17) is 19.7 Å². The molecule has 2 N–H and O–H groups in total. The molecule has 0 aromatic heterocycles. The van der Waals surface area contributed by atoms with Crippen LogP contribution in [-0.4, -0.2) is 36.6 Å². The predicted octanol–water partition coefficient (Wildman–Crippen LogP) is 4.94. The Bertz CT molecular complexity index is 1100. The molecule has 0 aliphatic rings. The molecule has 4 aromatic rings. The van der Waals surface area contributed by atoms with Crippen molar-refractivity contribution in [3.63, 3.8) is 0 Å². The van der Waals surface area contributed by atoms with Gasteiger partial charge in [0.2, 0.25) is 0 Å². The topological polar surface area (TPSA) is 58.9 Å². The zero-order valence-corrected chi connectivity index (χ0v) is 18.2. The second-order valence-corrected chi connectivity index (χ2v) is 7.88. The van der Waals surface area contributed by atoms with Crippen LogP contribution < -0.4 is 9.47 Å². The van der Waals surface area contributed by atoms with Crippen LogP contribution in [-0.2, 0) is 5.41 Å². The van der Waals surface area contributed by atoms with Crippen LogP contribution in [0.25, 0.3) is 10.8 Å². The van der Waals surface area contributed by atoms with Crippen molar-refractivity contribution in [2.75, 3.05) is 26.4 Å². The zero-order valence-electron chi connectivity index (χ0n) is 18.2. The smallest absolute Gasteiger partial charge is 0.119 e. The van der Waals surface area contributed by atoms with Crippen LogP contribution >= 0.6 is 0 Å². The lowest BCUT2D eigenvalue weighted by Gasteiger charge is -2.32. The molecule has 0 saturated carbocycles. The number of ether oxygens (including phenoxy) is 2. The van der Waals surface area contributed by atoms with Crippen LogP contribution in [0.4, 0.5) is 0 Å². The number of rotatable bonds is 9. The number of aliphatic hydroxyl groups is 2. The quantitative estimate of drug-likeness (QED) is 0.371. The standard InChI is InChI=1S/C28H28O4/c1-28(23-8-12-26(13-9-23)31-18-16-29,24-10-14-27(15-11-24)32-19-17-30)25-7-6-21-4-2-3-5-22(21)20-25/h2-15,20,29-30H,16-19H2,1H3. The first kappa shape index (κ1) is 21.9. The molecule has 0 saturated heterocycles. The summed E-state index contributed by atoms with van der Waals surface area (Å²) in [5.41, 5.74) is 3.04. The predicted molar refractivity (Wildman–Crippen MR) is 128 cm³/mol. The van der Waals surface area contributed by atoms with E-state index in [9.17, 15) is 0 Å². The van der Waals surface area contributed by atoms with E-state index in [0.717, 1.165) is 22.6 Å². The van der Waals surface area contributed by atoms with Crippen LogP contribution in [0.5, 0.6) is 11.5 Å². The minimum atomic E-state index is -0.408. The Morgan fingerprint density at radius 2 is 1.06 bits per heavy atom. The summed E-state index contributed by atoms with van der Waals surface area (Å²) in [5, 5.41) is 20.4. The van der Waals surface area contributed by atoms with Gasteiger partial charge in [-0.3, -0.25) is 0 Å². The SMILES string of the molecule is CC(c1ccc(OCCO)cc1)(c1ccc(OCCO)cc1)c1ccc2ccccc2c1. The van der Waals surface area contributed by atoms with Gasteiger partial charge in [0.05, 0.1) is 13.2 Å². The van der Waals surface area contributed by atoms with Crippen molar-refractivity contribution in [1.29, 1.82) is 0 Å². The molecule has 0 bridgehead atoms. The Balaban J connectivity index is 1.79. The number of hydrogen-bond donors (Lipinski definition) is 2. The highest BCUT2D eigenvalue weighted by Gasteiger charge is 2.31. The Labute approximate surface area is 188 Å². The van der Waals surface area contributed by atoms with Crippen LogP contribution in [0.15, 0.2) is 91.0 Å². The monoisotopic (exact) mass is 428 g/mol. The van der Waals surface area contributed by atoms with Gasteiger partial charge in [0.15, 0.2) is 0 Å². The van der Waals surface area contributed by atoms with E-state index < -0.39 is 5.41 Å². The van der Waals surface area contributed by atoms with Crippen LogP contribution in [0.3, 0.4) is 0 Å². The fraction of sp³-hybridized carbons (Fsp3) is 0.214. The summed E-state index contributed by atoms with van der Waals surface area (Å²) in [7, 11) is 0. The molecule has 0 fully saturated rings. The molecule has 4 heteroatoms. The molecule has 0 radical (unpaired) electrons. The fourth-order valence-electron chi connectivity index (χ4n) is 4.10. The summed E-state index contributed by atoms with van der Waals surface area (Å²) in [5.74, 6) is 1.47. The molecule has 0 atom stereocenters. The zero-order chi connectivity index (χ0) is 22.4. The minimum absolute atomic E-state index is 0.0126. The Morgan fingerprint density at radius 3 is 1.56 bits per heavy atom. The summed E-state index contributed by atoms with van der Waals surface area (Å²) >= 11 is 0. The average molecular weight is 429 g/mol. The van der Waals surface area contributed by atoms with Gasteiger partial charge >= 0.3 is 0 Å². The lowest BCUT2D eigenvalue weighted by molar-refractivity contribution is 0.201. The van der Waals surface area contributed by atoms with Crippen molar-refractivity contribution < 1.29 is 19.7 Å². The van der Waals surface area contributed by atoms with E-state index in [2.05, 4.69) is 73.7 Å². The van der Waals surface area contributed by atoms with E-state index in [-0.39, 0.29) is 26.4 Å². The molecular weight excluding hydrogens is 400 g/mol. The first-order valence-electron chi connectivity index (χ1n) is 10.8. The number of aliphatic hydroxyl groups excluding tert-OH is 2. The first-order chi connectivity index (χ1) is 15.6. The van der Waals surface area contributed by atoms with Gasteiger partial charge in [0.25, 0.3) is 0 Å². The molecule has 164 valence electrons. The van der Waals surface area contributed by atoms with Crippen molar-refractivity contribution in [2.24, 2.45) is 0 Å². The van der Waals surface area contributed by atoms with Crippen LogP contribution in [0.2, 0.25) is 0 Å². The summed E-state index contributed by atoms with van der Waals surface area (Å²) < 4.78 is 11.1. The summed E-state index contributed by atoms with van der Waals surface area (Å²) in [6, 6.07) is 31.1. The van der Waals surface area contributed by atoms with E-state index in [0.29, 0.717) is 0 Å². The van der Waals surface area contributed by atoms with Crippen LogP contribution in [0.1, 0.15) is 23.6 Å². The second kappa shape index (κ2) is 9.86. The summed E-state index contributed by atoms with van der Waals surface area (Å²) in [6.45, 7) is 2.75. The Hall–Kier alpha value is -3.34. The lowest BCUT2D eigenvalue weighted by atomic mass is 9.71. The molecule has 0 spiro atoms. The molecule has 0 amide bonds. The molecule has 0 heterocycles. The van der Waals surface area contributed by atoms with Gasteiger partial charge in [-0.2, -0.15) is 0 Å². The van der Waals surface area contributed by atoms with Gasteiger partial charge in [0.1, 0.15) is 24.7 Å². The Morgan fingerprint density at radius 1 is 0.594 bits per heavy atom. The minimum Gasteiger partial charge on any atom is -0.491 e. The van der Waals surface area contributed by atoms with Gasteiger partial charge in [-0.15, -0.1) is 0 Å². The van der Waals surface area contributed by atoms with Gasteiger partial charge in [-0.05, 0) is 64.7 Å². The van der Waals surface area contributed by atoms with E-state index in [1.807, 2.05) is 24.3 Å². The maximum absolute atomic E-state index is 9.02. The van der Waals surface area contributed by atoms with Crippen LogP contribution in [0, 0.1) is 0 Å².